The average molecular weight is 739 g/mol. The van der Waals surface area contributed by atoms with Gasteiger partial charge < -0.3 is 24.7 Å². The number of hydrogen-bond acceptors (Lipinski definition) is 8. The number of carbonyl (C=O) groups excluding carboxylic acids is 3. The van der Waals surface area contributed by atoms with Crippen molar-refractivity contribution in [2.45, 2.75) is 32.0 Å². The van der Waals surface area contributed by atoms with Gasteiger partial charge in [-0.15, -0.1) is 0 Å². The molecule has 0 spiro atoms. The molecule has 0 saturated heterocycles. The molecule has 12 nitrogen and oxygen atoms in total. The summed E-state index contributed by atoms with van der Waals surface area (Å²) in [6.45, 7) is 1.81. The number of nitrogens with zero attached hydrogens (tertiary/aromatic N) is 4. The molecule has 0 bridgehead atoms. The third-order valence-corrected chi connectivity index (χ3v) is 9.93. The molecule has 0 unspecified atom stereocenters. The van der Waals surface area contributed by atoms with E-state index < -0.39 is 22.3 Å². The number of benzene rings is 5. The number of para-hydroxylation sites is 3. The summed E-state index contributed by atoms with van der Waals surface area (Å²) in [4.78, 5) is 57.3. The first-order valence-corrected chi connectivity index (χ1v) is 17.8. The minimum Gasteiger partial charge on any atom is -0.454 e. The van der Waals surface area contributed by atoms with Crippen LogP contribution < -0.4 is 14.5 Å². The summed E-state index contributed by atoms with van der Waals surface area (Å²) in [7, 11) is 0. The van der Waals surface area contributed by atoms with Gasteiger partial charge in [-0.2, -0.15) is 0 Å². The first kappa shape index (κ1) is 36.7. The second-order valence-electron chi connectivity index (χ2n) is 13.4. The normalized spacial score (nSPS) is 16.6. The zero-order chi connectivity index (χ0) is 38.7. The Morgan fingerprint density at radius 1 is 0.891 bits per heavy atom. The molecular weight excluding hydrogens is 700 g/mol. The molecule has 3 amide bonds. The van der Waals surface area contributed by atoms with E-state index in [4.69, 9.17) is 4.74 Å². The predicted molar refractivity (Wildman–Crippen MR) is 206 cm³/mol. The smallest absolute Gasteiger partial charge is 0.269 e. The number of rotatable bonds is 12. The van der Waals surface area contributed by atoms with Crippen LogP contribution in [0.3, 0.4) is 0 Å². The fourth-order valence-electron chi connectivity index (χ4n) is 7.11. The highest BCUT2D eigenvalue weighted by Gasteiger charge is 2.53. The van der Waals surface area contributed by atoms with Gasteiger partial charge in [0.05, 0.1) is 35.0 Å². The van der Waals surface area contributed by atoms with E-state index in [2.05, 4.69) is 0 Å². The Morgan fingerprint density at radius 3 is 2.36 bits per heavy atom. The van der Waals surface area contributed by atoms with Gasteiger partial charge in [-0.3, -0.25) is 29.4 Å². The van der Waals surface area contributed by atoms with Crippen LogP contribution in [0.1, 0.15) is 40.4 Å². The number of nitro benzene ring substituents is 1. The number of nitro groups is 1. The van der Waals surface area contributed by atoms with Crippen LogP contribution in [0.25, 0.3) is 0 Å². The lowest BCUT2D eigenvalue weighted by Crippen LogP contribution is -2.44. The molecule has 2 heterocycles. The zero-order valence-corrected chi connectivity index (χ0v) is 29.9. The number of hydrogen-bond donors (Lipinski definition) is 2. The SMILES string of the molecule is C[C@H](/C=C/CC(=O)N(CCO)Cc1ccccc1)[C@@]1(O)C(=O)N(Cc2cccc(N3C(=O)c4ccccc4Oc4ccccc43)c2)c2ccc([N+](=O)[O-])cc21. The Labute approximate surface area is 317 Å². The van der Waals surface area contributed by atoms with Crippen LogP contribution in [-0.4, -0.2) is 50.9 Å². The largest absolute Gasteiger partial charge is 0.454 e. The fraction of sp³-hybridized carbons (Fsp3) is 0.186. The second-order valence-corrected chi connectivity index (χ2v) is 13.4. The molecule has 2 aliphatic heterocycles. The zero-order valence-electron chi connectivity index (χ0n) is 29.9. The van der Waals surface area contributed by atoms with Crippen molar-refractivity contribution in [3.8, 4) is 11.5 Å². The van der Waals surface area contributed by atoms with Crippen LogP contribution in [-0.2, 0) is 28.3 Å². The van der Waals surface area contributed by atoms with Crippen molar-refractivity contribution in [2.24, 2.45) is 5.92 Å². The maximum absolute atomic E-state index is 14.4. The first-order valence-electron chi connectivity index (χ1n) is 17.8. The van der Waals surface area contributed by atoms with Crippen molar-refractivity contribution in [3.05, 3.63) is 166 Å². The van der Waals surface area contributed by atoms with Gasteiger partial charge >= 0.3 is 0 Å². The van der Waals surface area contributed by atoms with Gasteiger partial charge in [-0.05, 0) is 53.6 Å². The Bertz CT molecular complexity index is 2310. The standard InChI is InChI=1S/C43H38N4O8/c1-29(11-9-20-40(49)44(23-24-48)27-30-12-3-2-4-13-30)43(52)35-26-33(47(53)54)21-22-36(35)45(42(43)51)28-31-14-10-15-32(25-31)46-37-17-6-8-19-39(37)55-38-18-7-5-16-34(38)41(46)50/h2-19,21-22,25-26,29,48,52H,20,23-24,27-28H2,1H3/b11-9+/t29-,43+/m1/s1. The number of carbonyl (C=O) groups is 3. The van der Waals surface area contributed by atoms with E-state index in [1.165, 1.54) is 28.0 Å². The third kappa shape index (κ3) is 7.08. The van der Waals surface area contributed by atoms with E-state index in [9.17, 15) is 34.7 Å². The monoisotopic (exact) mass is 738 g/mol. The maximum Gasteiger partial charge on any atom is 0.269 e. The van der Waals surface area contributed by atoms with E-state index >= 15 is 0 Å². The van der Waals surface area contributed by atoms with Crippen LogP contribution in [0.5, 0.6) is 11.5 Å². The summed E-state index contributed by atoms with van der Waals surface area (Å²) in [6, 6.07) is 34.6. The summed E-state index contributed by atoms with van der Waals surface area (Å²) in [5.74, 6) is -1.25. The fourth-order valence-corrected chi connectivity index (χ4v) is 7.11. The topological polar surface area (TPSA) is 154 Å². The molecule has 278 valence electrons. The molecule has 2 N–H and O–H groups in total. The van der Waals surface area contributed by atoms with E-state index in [0.29, 0.717) is 46.2 Å². The first-order chi connectivity index (χ1) is 26.6. The van der Waals surface area contributed by atoms with E-state index in [0.717, 1.165) is 5.56 Å². The summed E-state index contributed by atoms with van der Waals surface area (Å²) in [5.41, 5.74) is 0.833. The van der Waals surface area contributed by atoms with Gasteiger partial charge in [0, 0.05) is 48.8 Å². The van der Waals surface area contributed by atoms with Crippen LogP contribution in [0.15, 0.2) is 133 Å². The van der Waals surface area contributed by atoms with Gasteiger partial charge in [-0.25, -0.2) is 0 Å². The molecule has 5 aromatic carbocycles. The quantitative estimate of drug-likeness (QED) is 0.0787. The number of aliphatic hydroxyl groups excluding tert-OH is 1. The van der Waals surface area contributed by atoms with Gasteiger partial charge in [-0.1, -0.05) is 85.8 Å². The summed E-state index contributed by atoms with van der Waals surface area (Å²) in [5, 5.41) is 33.7. The van der Waals surface area contributed by atoms with Gasteiger partial charge in [0.2, 0.25) is 5.91 Å². The number of fused-ring (bicyclic) bond motifs is 3. The second kappa shape index (κ2) is 15.4. The van der Waals surface area contributed by atoms with Crippen molar-refractivity contribution in [1.29, 1.82) is 0 Å². The molecule has 0 saturated carbocycles. The summed E-state index contributed by atoms with van der Waals surface area (Å²) < 4.78 is 6.15. The highest BCUT2D eigenvalue weighted by Crippen LogP contribution is 2.48. The molecule has 0 aliphatic carbocycles. The van der Waals surface area contributed by atoms with E-state index in [-0.39, 0.29) is 49.2 Å². The number of ether oxygens (including phenoxy) is 1. The number of non-ortho nitro benzene ring substituents is 1. The van der Waals surface area contributed by atoms with Crippen molar-refractivity contribution >= 4 is 40.5 Å². The van der Waals surface area contributed by atoms with Crippen LogP contribution in [0, 0.1) is 16.0 Å². The Balaban J connectivity index is 1.17. The van der Waals surface area contributed by atoms with E-state index in [1.54, 1.807) is 84.6 Å². The molecule has 0 fully saturated rings. The molecule has 2 atom stereocenters. The third-order valence-electron chi connectivity index (χ3n) is 9.93. The van der Waals surface area contributed by atoms with Gasteiger partial charge in [0.1, 0.15) is 5.75 Å². The lowest BCUT2D eigenvalue weighted by molar-refractivity contribution is -0.385. The van der Waals surface area contributed by atoms with Crippen molar-refractivity contribution in [1.82, 2.24) is 4.90 Å². The lowest BCUT2D eigenvalue weighted by Gasteiger charge is -2.28. The molecule has 0 aromatic heterocycles. The molecular formula is C43H38N4O8. The molecule has 7 rings (SSSR count). The molecule has 5 aromatic rings. The van der Waals surface area contributed by atoms with Gasteiger partial charge in [0.25, 0.3) is 17.5 Å². The predicted octanol–water partition coefficient (Wildman–Crippen LogP) is 7.02. The lowest BCUT2D eigenvalue weighted by atomic mass is 9.82. The number of amides is 3. The van der Waals surface area contributed by atoms with Crippen LogP contribution in [0.2, 0.25) is 0 Å². The van der Waals surface area contributed by atoms with Crippen molar-refractivity contribution < 1.29 is 34.3 Å². The Morgan fingerprint density at radius 2 is 1.60 bits per heavy atom. The van der Waals surface area contributed by atoms with Gasteiger partial charge in [0.15, 0.2) is 11.4 Å². The molecule has 0 radical (unpaired) electrons. The Hall–Kier alpha value is -6.63. The minimum atomic E-state index is -2.20. The molecule has 12 heteroatoms. The van der Waals surface area contributed by atoms with Crippen LogP contribution >= 0.6 is 0 Å². The van der Waals surface area contributed by atoms with Crippen LogP contribution in [0.4, 0.5) is 22.7 Å². The Kier molecular flexibility index (Phi) is 10.3. The van der Waals surface area contributed by atoms with Crippen molar-refractivity contribution in [2.75, 3.05) is 23.0 Å². The summed E-state index contributed by atoms with van der Waals surface area (Å²) in [6.07, 6.45) is 3.06. The highest BCUT2D eigenvalue weighted by atomic mass is 16.6. The minimum absolute atomic E-state index is 0.0267. The van der Waals surface area contributed by atoms with Crippen molar-refractivity contribution in [3.63, 3.8) is 0 Å². The maximum atomic E-state index is 14.4. The summed E-state index contributed by atoms with van der Waals surface area (Å²) >= 11 is 0. The number of anilines is 3. The average Bonchev–Trinajstić information content (AvgIpc) is 3.31. The molecule has 55 heavy (non-hydrogen) atoms. The highest BCUT2D eigenvalue weighted by molar-refractivity contribution is 6.14. The molecule has 2 aliphatic rings. The van der Waals surface area contributed by atoms with E-state index in [1.807, 2.05) is 42.5 Å². The number of aliphatic hydroxyl groups is 2.